The largest absolute Gasteiger partial charge is 2.00 e. The van der Waals surface area contributed by atoms with Crippen LogP contribution in [-0.2, 0) is 26.5 Å². The summed E-state index contributed by atoms with van der Waals surface area (Å²) in [5.74, 6) is 1.72. The van der Waals surface area contributed by atoms with Crippen LogP contribution in [0.25, 0.3) is 99.8 Å². The first-order valence-electron chi connectivity index (χ1n) is 20.7. The average molecular weight is 969 g/mol. The number of rotatable bonds is 5. The maximum Gasteiger partial charge on any atom is 2.00 e. The van der Waals surface area contributed by atoms with Crippen LogP contribution in [0.5, 0.6) is 0 Å². The van der Waals surface area contributed by atoms with Crippen molar-refractivity contribution in [2.24, 2.45) is 0 Å². The Morgan fingerprint density at radius 1 is 0.590 bits per heavy atom. The number of para-hydroxylation sites is 2. The first-order valence-corrected chi connectivity index (χ1v) is 20.7. The summed E-state index contributed by atoms with van der Waals surface area (Å²) < 4.78 is 4.62. The van der Waals surface area contributed by atoms with Crippen molar-refractivity contribution in [3.05, 3.63) is 180 Å². The van der Waals surface area contributed by atoms with E-state index in [1.54, 1.807) is 0 Å². The normalized spacial score (nSPS) is 12.0. The molecule has 0 bridgehead atoms. The smallest absolute Gasteiger partial charge is 0.656 e. The number of benzene rings is 7. The zero-order valence-corrected chi connectivity index (χ0v) is 37.3. The quantitative estimate of drug-likeness (QED) is 0.162. The molecule has 0 amide bonds. The van der Waals surface area contributed by atoms with Gasteiger partial charge in [0.25, 0.3) is 0 Å². The van der Waals surface area contributed by atoms with E-state index in [-0.39, 0.29) is 26.5 Å². The van der Waals surface area contributed by atoms with Crippen LogP contribution in [0, 0.1) is 26.8 Å². The summed E-state index contributed by atoms with van der Waals surface area (Å²) in [4.78, 5) is 15.8. The van der Waals surface area contributed by atoms with Crippen LogP contribution in [0.4, 0.5) is 0 Å². The van der Waals surface area contributed by atoms with Gasteiger partial charge < -0.3 is 9.55 Å². The number of aryl methyl sites for hydroxylation is 2. The van der Waals surface area contributed by atoms with Gasteiger partial charge in [-0.05, 0) is 118 Å². The molecule has 0 atom stereocenters. The van der Waals surface area contributed by atoms with Gasteiger partial charge in [-0.15, -0.1) is 34.8 Å². The number of imidazole rings is 1. The van der Waals surface area contributed by atoms with E-state index in [1.165, 1.54) is 33.4 Å². The van der Waals surface area contributed by atoms with Crippen LogP contribution < -0.4 is 4.98 Å². The number of aromatic nitrogens is 5. The van der Waals surface area contributed by atoms with Crippen molar-refractivity contribution in [2.45, 2.75) is 47.0 Å². The second-order valence-corrected chi connectivity index (χ2v) is 17.2. The van der Waals surface area contributed by atoms with E-state index in [2.05, 4.69) is 190 Å². The molecule has 7 aromatic carbocycles. The Bertz CT molecular complexity index is 3470. The number of nitrogens with zero attached hydrogens (tertiary/aromatic N) is 5. The van der Waals surface area contributed by atoms with Gasteiger partial charge in [0.15, 0.2) is 0 Å². The third kappa shape index (κ3) is 6.25. The minimum absolute atomic E-state index is 0. The molecule has 61 heavy (non-hydrogen) atoms. The van der Waals surface area contributed by atoms with Crippen LogP contribution in [0.15, 0.2) is 152 Å². The summed E-state index contributed by atoms with van der Waals surface area (Å²) >= 11 is 0. The molecule has 5 nitrogen and oxygen atoms in total. The molecule has 0 unspecified atom stereocenters. The molecule has 0 radical (unpaired) electrons. The van der Waals surface area contributed by atoms with E-state index in [0.29, 0.717) is 0 Å². The topological polar surface area (TPSA) is 49.7 Å². The van der Waals surface area contributed by atoms with Crippen molar-refractivity contribution < 1.29 is 21.1 Å². The summed E-state index contributed by atoms with van der Waals surface area (Å²) in [7, 11) is 0. The maximum absolute atomic E-state index is 5.69. The Balaban J connectivity index is 0.00000445. The SMILES string of the molecule is Cc1cc(-n2c(-c3cccc4c3[n-]c3ccccc34)nc3c(-c4[c-]c5c(cc4)c4cc(-c6ccccc6)ccc4n5-c4ccccn4)cc(C(C)(C)C)cc32)cc(C)c1C.[Pt+2]. The summed E-state index contributed by atoms with van der Waals surface area (Å²) in [6, 6.07) is 56.1. The molecule has 0 aliphatic heterocycles. The van der Waals surface area contributed by atoms with Crippen LogP contribution in [0.1, 0.15) is 43.0 Å². The van der Waals surface area contributed by atoms with Gasteiger partial charge in [0.1, 0.15) is 11.6 Å². The van der Waals surface area contributed by atoms with Gasteiger partial charge in [-0.2, -0.15) is 0 Å². The zero-order chi connectivity index (χ0) is 40.9. The van der Waals surface area contributed by atoms with Crippen molar-refractivity contribution in [3.63, 3.8) is 0 Å². The van der Waals surface area contributed by atoms with Gasteiger partial charge in [0, 0.05) is 23.0 Å². The monoisotopic (exact) mass is 968 g/mol. The first kappa shape index (κ1) is 38.6. The van der Waals surface area contributed by atoms with Crippen molar-refractivity contribution in [3.8, 4) is 45.1 Å². The third-order valence-corrected chi connectivity index (χ3v) is 12.5. The minimum atomic E-state index is -0.150. The van der Waals surface area contributed by atoms with Crippen LogP contribution in [0.3, 0.4) is 0 Å². The van der Waals surface area contributed by atoms with Crippen molar-refractivity contribution in [1.82, 2.24) is 24.1 Å². The summed E-state index contributed by atoms with van der Waals surface area (Å²) in [5, 5.41) is 4.56. The van der Waals surface area contributed by atoms with E-state index < -0.39 is 0 Å². The standard InChI is InChI=1S/C55H43N5.Pt/c1-33-27-40(28-34(2)35(33)3)59-50-32-39(55(4,5)6)31-45(53(50)58-54(59)44-19-14-18-43-41-17-10-11-20-47(41)57-52(43)44)38-22-24-42-46-29-37(36-15-8-7-9-16-36)23-25-48(46)60(49(42)30-38)51-21-12-13-26-56-51;/h7-29,31-32H,1-6H3;/q-2;+2. The van der Waals surface area contributed by atoms with Crippen molar-refractivity contribution >= 4 is 54.6 Å². The number of hydrogen-bond donors (Lipinski definition) is 0. The Morgan fingerprint density at radius 3 is 2.11 bits per heavy atom. The molecule has 0 aliphatic carbocycles. The molecule has 298 valence electrons. The van der Waals surface area contributed by atoms with Crippen molar-refractivity contribution in [1.29, 1.82) is 0 Å². The molecule has 0 saturated carbocycles. The van der Waals surface area contributed by atoms with Gasteiger partial charge >= 0.3 is 21.1 Å². The molecule has 6 heteroatoms. The minimum Gasteiger partial charge on any atom is -0.656 e. The van der Waals surface area contributed by atoms with Gasteiger partial charge in [0.05, 0.1) is 11.0 Å². The second-order valence-electron chi connectivity index (χ2n) is 17.2. The maximum atomic E-state index is 5.69. The number of pyridine rings is 1. The summed E-state index contributed by atoms with van der Waals surface area (Å²) in [6.45, 7) is 13.5. The van der Waals surface area contributed by atoms with E-state index in [9.17, 15) is 0 Å². The zero-order valence-electron chi connectivity index (χ0n) is 35.0. The van der Waals surface area contributed by atoms with Gasteiger partial charge in [0.2, 0.25) is 0 Å². The van der Waals surface area contributed by atoms with Crippen molar-refractivity contribution in [2.75, 3.05) is 0 Å². The average Bonchev–Trinajstić information content (AvgIpc) is 3.95. The van der Waals surface area contributed by atoms with Gasteiger partial charge in [-0.25, -0.2) is 9.97 Å². The van der Waals surface area contributed by atoms with Gasteiger partial charge in [-0.1, -0.05) is 129 Å². The molecule has 0 spiro atoms. The Kier molecular flexibility index (Phi) is 9.23. The summed E-state index contributed by atoms with van der Waals surface area (Å²) in [5.41, 5.74) is 17.3. The Morgan fingerprint density at radius 2 is 1.34 bits per heavy atom. The number of fused-ring (bicyclic) bond motifs is 7. The van der Waals surface area contributed by atoms with E-state index in [4.69, 9.17) is 15.0 Å². The molecule has 4 aromatic heterocycles. The fourth-order valence-corrected chi connectivity index (χ4v) is 9.01. The van der Waals surface area contributed by atoms with E-state index >= 15 is 0 Å². The molecule has 0 fully saturated rings. The van der Waals surface area contributed by atoms with Crippen LogP contribution in [0.2, 0.25) is 0 Å². The van der Waals surface area contributed by atoms with Crippen LogP contribution in [-0.4, -0.2) is 19.1 Å². The molecule has 0 saturated heterocycles. The molecule has 0 aliphatic rings. The second kappa shape index (κ2) is 14.6. The predicted molar refractivity (Wildman–Crippen MR) is 250 cm³/mol. The molecular formula is C55H43N5Pt. The molecule has 0 N–H and O–H groups in total. The third-order valence-electron chi connectivity index (χ3n) is 12.5. The van der Waals surface area contributed by atoms with E-state index in [0.717, 1.165) is 88.7 Å². The number of hydrogen-bond acceptors (Lipinski definition) is 2. The Hall–Kier alpha value is -6.55. The van der Waals surface area contributed by atoms with Crippen LogP contribution >= 0.6 is 0 Å². The molecule has 11 aromatic rings. The predicted octanol–water partition coefficient (Wildman–Crippen LogP) is 13.8. The van der Waals surface area contributed by atoms with Gasteiger partial charge in [-0.3, -0.25) is 4.57 Å². The fraction of sp³-hybridized carbons (Fsp3) is 0.127. The summed E-state index contributed by atoms with van der Waals surface area (Å²) in [6.07, 6.45) is 1.86. The Labute approximate surface area is 370 Å². The molecule has 4 heterocycles. The fourth-order valence-electron chi connectivity index (χ4n) is 9.01. The first-order chi connectivity index (χ1) is 29.1. The molecule has 11 rings (SSSR count). The van der Waals surface area contributed by atoms with E-state index in [1.807, 2.05) is 18.3 Å². The molecular weight excluding hydrogens is 926 g/mol.